The van der Waals surface area contributed by atoms with E-state index in [2.05, 4.69) is 17.4 Å². The molecule has 5 nitrogen and oxygen atoms in total. The van der Waals surface area contributed by atoms with Crippen LogP contribution in [-0.4, -0.2) is 27.4 Å². The minimum Gasteiger partial charge on any atom is -0.355 e. The highest BCUT2D eigenvalue weighted by Gasteiger charge is 2.27. The van der Waals surface area contributed by atoms with E-state index in [-0.39, 0.29) is 17.3 Å². The number of carbonyl (C=O) groups excluding carboxylic acids is 1. The van der Waals surface area contributed by atoms with Gasteiger partial charge in [0.05, 0.1) is 10.6 Å². The van der Waals surface area contributed by atoms with Gasteiger partial charge in [-0.3, -0.25) is 9.10 Å². The van der Waals surface area contributed by atoms with Crippen molar-refractivity contribution in [3.8, 4) is 0 Å². The lowest BCUT2D eigenvalue weighted by Gasteiger charge is -2.24. The second-order valence-corrected chi connectivity index (χ2v) is 9.54. The average molecular weight is 457 g/mol. The number of anilines is 1. The van der Waals surface area contributed by atoms with Gasteiger partial charge in [0.1, 0.15) is 6.54 Å². The fourth-order valence-electron chi connectivity index (χ4n) is 3.22. The summed E-state index contributed by atoms with van der Waals surface area (Å²) in [5, 5.41) is 3.28. The Bertz CT molecular complexity index is 1120. The van der Waals surface area contributed by atoms with E-state index >= 15 is 0 Å². The van der Waals surface area contributed by atoms with Crippen molar-refractivity contribution in [2.45, 2.75) is 24.7 Å². The van der Waals surface area contributed by atoms with Crippen LogP contribution in [-0.2, 0) is 21.2 Å². The molecule has 1 N–H and O–H groups in total. The lowest BCUT2D eigenvalue weighted by molar-refractivity contribution is -0.119. The first-order valence-electron chi connectivity index (χ1n) is 10.0. The molecular weight excluding hydrogens is 432 g/mol. The topological polar surface area (TPSA) is 66.5 Å². The van der Waals surface area contributed by atoms with Gasteiger partial charge in [-0.25, -0.2) is 8.42 Å². The number of halogens is 1. The number of para-hydroxylation sites is 1. The fourth-order valence-corrected chi connectivity index (χ4v) is 4.76. The van der Waals surface area contributed by atoms with Gasteiger partial charge >= 0.3 is 0 Å². The van der Waals surface area contributed by atoms with Gasteiger partial charge in [0, 0.05) is 11.6 Å². The molecule has 0 fully saturated rings. The molecule has 162 valence electrons. The SMILES string of the molecule is Cc1cccc(CCCNC(=O)CN(c2ccccc2)S(=O)(=O)c2ccc(Cl)cc2)c1. The summed E-state index contributed by atoms with van der Waals surface area (Å²) in [6, 6.07) is 22.8. The second kappa shape index (κ2) is 10.5. The lowest BCUT2D eigenvalue weighted by Crippen LogP contribution is -2.41. The number of nitrogens with zero attached hydrogens (tertiary/aromatic N) is 1. The smallest absolute Gasteiger partial charge is 0.264 e. The van der Waals surface area contributed by atoms with Crippen LogP contribution in [0.15, 0.2) is 83.8 Å². The zero-order valence-electron chi connectivity index (χ0n) is 17.3. The van der Waals surface area contributed by atoms with Crippen LogP contribution < -0.4 is 9.62 Å². The fraction of sp³-hybridized carbons (Fsp3) is 0.208. The van der Waals surface area contributed by atoms with Crippen molar-refractivity contribution >= 4 is 33.2 Å². The molecule has 3 aromatic rings. The molecule has 0 radical (unpaired) electrons. The highest BCUT2D eigenvalue weighted by Crippen LogP contribution is 2.24. The molecule has 0 aliphatic heterocycles. The number of aryl methyl sites for hydroxylation is 2. The zero-order valence-corrected chi connectivity index (χ0v) is 18.9. The zero-order chi connectivity index (χ0) is 22.3. The predicted octanol–water partition coefficient (Wildman–Crippen LogP) is 4.59. The summed E-state index contributed by atoms with van der Waals surface area (Å²) in [5.74, 6) is -0.356. The largest absolute Gasteiger partial charge is 0.355 e. The second-order valence-electron chi connectivity index (χ2n) is 7.24. The van der Waals surface area contributed by atoms with Crippen LogP contribution in [0.1, 0.15) is 17.5 Å². The normalized spacial score (nSPS) is 11.2. The molecule has 31 heavy (non-hydrogen) atoms. The Kier molecular flexibility index (Phi) is 7.71. The van der Waals surface area contributed by atoms with Gasteiger partial charge in [0.15, 0.2) is 0 Å². The molecule has 0 unspecified atom stereocenters. The standard InChI is InChI=1S/C24H25ClN2O3S/c1-19-7-5-8-20(17-19)9-6-16-26-24(28)18-27(22-10-3-2-4-11-22)31(29,30)23-14-12-21(25)13-15-23/h2-5,7-8,10-15,17H,6,9,16,18H2,1H3,(H,26,28). The molecule has 0 aliphatic rings. The van der Waals surface area contributed by atoms with Gasteiger partial charge in [-0.15, -0.1) is 0 Å². The monoisotopic (exact) mass is 456 g/mol. The van der Waals surface area contributed by atoms with Crippen LogP contribution in [0.3, 0.4) is 0 Å². The van der Waals surface area contributed by atoms with Gasteiger partial charge in [0.25, 0.3) is 10.0 Å². The highest BCUT2D eigenvalue weighted by molar-refractivity contribution is 7.92. The van der Waals surface area contributed by atoms with Crippen LogP contribution in [0.25, 0.3) is 0 Å². The number of hydrogen-bond acceptors (Lipinski definition) is 3. The molecule has 0 heterocycles. The number of carbonyl (C=O) groups is 1. The van der Waals surface area contributed by atoms with Crippen molar-refractivity contribution in [1.82, 2.24) is 5.32 Å². The molecule has 1 amide bonds. The molecule has 0 aromatic heterocycles. The number of nitrogens with one attached hydrogen (secondary N) is 1. The van der Waals surface area contributed by atoms with Crippen molar-refractivity contribution in [3.05, 3.63) is 95.0 Å². The Balaban J connectivity index is 1.67. The van der Waals surface area contributed by atoms with Crippen molar-refractivity contribution in [2.75, 3.05) is 17.4 Å². The summed E-state index contributed by atoms with van der Waals surface area (Å²) in [5.41, 5.74) is 2.84. The Morgan fingerprint density at radius 1 is 0.968 bits per heavy atom. The van der Waals surface area contributed by atoms with E-state index in [1.165, 1.54) is 35.4 Å². The van der Waals surface area contributed by atoms with Crippen LogP contribution in [0.2, 0.25) is 5.02 Å². The van der Waals surface area contributed by atoms with E-state index < -0.39 is 10.0 Å². The molecule has 0 saturated carbocycles. The van der Waals surface area contributed by atoms with Crippen molar-refractivity contribution in [2.24, 2.45) is 0 Å². The molecule has 0 saturated heterocycles. The van der Waals surface area contributed by atoms with Crippen LogP contribution >= 0.6 is 11.6 Å². The molecular formula is C24H25ClN2O3S. The lowest BCUT2D eigenvalue weighted by atomic mass is 10.1. The first-order valence-corrected chi connectivity index (χ1v) is 11.8. The number of benzene rings is 3. The van der Waals surface area contributed by atoms with Crippen molar-refractivity contribution in [1.29, 1.82) is 0 Å². The van der Waals surface area contributed by atoms with E-state index in [0.29, 0.717) is 17.3 Å². The molecule has 0 spiro atoms. The van der Waals surface area contributed by atoms with E-state index in [1.54, 1.807) is 30.3 Å². The summed E-state index contributed by atoms with van der Waals surface area (Å²) >= 11 is 5.89. The maximum atomic E-state index is 13.2. The molecule has 0 aliphatic carbocycles. The maximum absolute atomic E-state index is 13.2. The summed E-state index contributed by atoms with van der Waals surface area (Å²) in [6.07, 6.45) is 1.61. The third-order valence-corrected chi connectivity index (χ3v) is 6.82. The molecule has 0 bridgehead atoms. The Morgan fingerprint density at radius 2 is 1.68 bits per heavy atom. The number of amides is 1. The average Bonchev–Trinajstić information content (AvgIpc) is 2.76. The van der Waals surface area contributed by atoms with E-state index in [1.807, 2.05) is 19.1 Å². The van der Waals surface area contributed by atoms with E-state index in [9.17, 15) is 13.2 Å². The molecule has 7 heteroatoms. The summed E-state index contributed by atoms with van der Waals surface area (Å²) < 4.78 is 27.6. The Hall–Kier alpha value is -2.83. The van der Waals surface area contributed by atoms with Crippen LogP contribution in [0.4, 0.5) is 5.69 Å². The van der Waals surface area contributed by atoms with Gasteiger partial charge in [-0.05, 0) is 61.7 Å². The highest BCUT2D eigenvalue weighted by atomic mass is 35.5. The van der Waals surface area contributed by atoms with Crippen molar-refractivity contribution in [3.63, 3.8) is 0 Å². The quantitative estimate of drug-likeness (QED) is 0.479. The Labute approximate surface area is 188 Å². The first kappa shape index (κ1) is 22.8. The third-order valence-electron chi connectivity index (χ3n) is 4.78. The van der Waals surface area contributed by atoms with Crippen LogP contribution in [0.5, 0.6) is 0 Å². The summed E-state index contributed by atoms with van der Waals surface area (Å²) in [7, 11) is -3.93. The molecule has 3 aromatic carbocycles. The Morgan fingerprint density at radius 3 is 2.35 bits per heavy atom. The minimum atomic E-state index is -3.93. The number of rotatable bonds is 9. The number of hydrogen-bond donors (Lipinski definition) is 1. The molecule has 3 rings (SSSR count). The maximum Gasteiger partial charge on any atom is 0.264 e. The van der Waals surface area contributed by atoms with E-state index in [0.717, 1.165) is 17.1 Å². The third kappa shape index (κ3) is 6.32. The van der Waals surface area contributed by atoms with Crippen molar-refractivity contribution < 1.29 is 13.2 Å². The minimum absolute atomic E-state index is 0.0769. The van der Waals surface area contributed by atoms with Gasteiger partial charge < -0.3 is 5.32 Å². The van der Waals surface area contributed by atoms with Gasteiger partial charge in [-0.2, -0.15) is 0 Å². The first-order chi connectivity index (χ1) is 14.9. The number of sulfonamides is 1. The van der Waals surface area contributed by atoms with E-state index in [4.69, 9.17) is 11.6 Å². The molecule has 0 atom stereocenters. The van der Waals surface area contributed by atoms with Gasteiger partial charge in [-0.1, -0.05) is 59.6 Å². The predicted molar refractivity (Wildman–Crippen MR) is 125 cm³/mol. The summed E-state index contributed by atoms with van der Waals surface area (Å²) in [4.78, 5) is 12.7. The summed E-state index contributed by atoms with van der Waals surface area (Å²) in [6.45, 7) is 2.21. The van der Waals surface area contributed by atoms with Gasteiger partial charge in [0.2, 0.25) is 5.91 Å². The van der Waals surface area contributed by atoms with Crippen LogP contribution in [0, 0.1) is 6.92 Å².